The van der Waals surface area contributed by atoms with Crippen molar-refractivity contribution in [3.63, 3.8) is 0 Å². The fraction of sp³-hybridized carbons (Fsp3) is 0.120. The average molecular weight is 458 g/mol. The molecule has 0 bridgehead atoms. The molecule has 7 nitrogen and oxygen atoms in total. The highest BCUT2D eigenvalue weighted by molar-refractivity contribution is 6.30. The Kier molecular flexibility index (Phi) is 5.40. The Bertz CT molecular complexity index is 1540. The van der Waals surface area contributed by atoms with Crippen LogP contribution in [0.1, 0.15) is 17.1 Å². The van der Waals surface area contributed by atoms with Crippen LogP contribution in [0, 0.1) is 13.8 Å². The van der Waals surface area contributed by atoms with Crippen LogP contribution < -0.4 is 10.3 Å². The molecule has 0 aliphatic rings. The van der Waals surface area contributed by atoms with E-state index in [2.05, 4.69) is 15.3 Å². The molecule has 0 aliphatic heterocycles. The normalized spacial score (nSPS) is 11.1. The Morgan fingerprint density at radius 3 is 2.61 bits per heavy atom. The molecule has 5 rings (SSSR count). The Balaban J connectivity index is 1.40. The summed E-state index contributed by atoms with van der Waals surface area (Å²) in [5.41, 5.74) is 3.76. The maximum absolute atomic E-state index is 13.2. The monoisotopic (exact) mass is 457 g/mol. The van der Waals surface area contributed by atoms with Crippen molar-refractivity contribution in [2.24, 2.45) is 0 Å². The second-order valence-corrected chi connectivity index (χ2v) is 8.13. The first-order chi connectivity index (χ1) is 16.0. The first kappa shape index (κ1) is 20.9. The fourth-order valence-electron chi connectivity index (χ4n) is 3.74. The molecule has 5 aromatic rings. The highest BCUT2D eigenvalue weighted by Gasteiger charge is 2.12. The maximum Gasteiger partial charge on any atom is 0.265 e. The molecule has 0 fully saturated rings. The van der Waals surface area contributed by atoms with Gasteiger partial charge >= 0.3 is 0 Å². The molecule has 0 atom stereocenters. The van der Waals surface area contributed by atoms with Gasteiger partial charge in [-0.15, -0.1) is 5.10 Å². The van der Waals surface area contributed by atoms with Gasteiger partial charge in [0.1, 0.15) is 23.9 Å². The molecule has 0 aliphatic carbocycles. The van der Waals surface area contributed by atoms with Crippen molar-refractivity contribution >= 4 is 22.5 Å². The number of nitrogens with zero attached hydrogens (tertiary/aromatic N) is 5. The average Bonchev–Trinajstić information content (AvgIpc) is 3.28. The van der Waals surface area contributed by atoms with E-state index < -0.39 is 0 Å². The molecule has 0 saturated heterocycles. The van der Waals surface area contributed by atoms with Gasteiger partial charge in [-0.25, -0.2) is 9.67 Å². The lowest BCUT2D eigenvalue weighted by atomic mass is 10.1. The topological polar surface area (TPSA) is 74.8 Å². The molecule has 0 radical (unpaired) electrons. The number of hydrogen-bond donors (Lipinski definition) is 0. The summed E-state index contributed by atoms with van der Waals surface area (Å²) in [4.78, 5) is 17.9. The van der Waals surface area contributed by atoms with E-state index in [0.29, 0.717) is 33.4 Å². The molecule has 164 valence electrons. The van der Waals surface area contributed by atoms with Crippen LogP contribution in [0.4, 0.5) is 0 Å². The van der Waals surface area contributed by atoms with Crippen molar-refractivity contribution in [1.82, 2.24) is 24.5 Å². The van der Waals surface area contributed by atoms with Crippen LogP contribution >= 0.6 is 11.6 Å². The molecule has 0 saturated carbocycles. The lowest BCUT2D eigenvalue weighted by molar-refractivity contribution is 0.301. The molecule has 33 heavy (non-hydrogen) atoms. The van der Waals surface area contributed by atoms with E-state index in [0.717, 1.165) is 16.8 Å². The van der Waals surface area contributed by atoms with E-state index in [4.69, 9.17) is 16.3 Å². The lowest BCUT2D eigenvalue weighted by Crippen LogP contribution is -2.22. The van der Waals surface area contributed by atoms with Crippen molar-refractivity contribution in [2.45, 2.75) is 20.5 Å². The van der Waals surface area contributed by atoms with E-state index >= 15 is 0 Å². The summed E-state index contributed by atoms with van der Waals surface area (Å²) in [6.07, 6.45) is 1.79. The number of ether oxygens (including phenoxy) is 1. The Morgan fingerprint density at radius 2 is 1.76 bits per heavy atom. The van der Waals surface area contributed by atoms with Crippen molar-refractivity contribution in [3.05, 3.63) is 105 Å². The van der Waals surface area contributed by atoms with Crippen LogP contribution in [0.3, 0.4) is 0 Å². The van der Waals surface area contributed by atoms with Gasteiger partial charge in [-0.1, -0.05) is 41.1 Å². The van der Waals surface area contributed by atoms with Crippen LogP contribution in [0.2, 0.25) is 5.02 Å². The van der Waals surface area contributed by atoms with Crippen LogP contribution in [0.5, 0.6) is 5.75 Å². The number of aromatic nitrogens is 5. The minimum Gasteiger partial charge on any atom is -0.487 e. The summed E-state index contributed by atoms with van der Waals surface area (Å²) in [6.45, 7) is 4.01. The van der Waals surface area contributed by atoms with Gasteiger partial charge < -0.3 is 4.74 Å². The molecule has 2 heterocycles. The van der Waals surface area contributed by atoms with E-state index in [1.807, 2.05) is 68.4 Å². The summed E-state index contributed by atoms with van der Waals surface area (Å²) in [5.74, 6) is 1.23. The zero-order chi connectivity index (χ0) is 22.9. The molecule has 0 N–H and O–H groups in total. The number of hydrogen-bond acceptors (Lipinski definition) is 5. The van der Waals surface area contributed by atoms with Crippen LogP contribution in [-0.2, 0) is 6.61 Å². The van der Waals surface area contributed by atoms with Gasteiger partial charge in [0, 0.05) is 11.1 Å². The number of aryl methyl sites for hydroxylation is 2. The predicted molar refractivity (Wildman–Crippen MR) is 128 cm³/mol. The Morgan fingerprint density at radius 1 is 0.970 bits per heavy atom. The maximum atomic E-state index is 13.2. The summed E-state index contributed by atoms with van der Waals surface area (Å²) < 4.78 is 9.18. The SMILES string of the molecule is Cc1cccc2c(=O)n(-c3cccc(OCc4cn(-c5cccc(Cl)c5)nn4)c3)c(C)nc12. The zero-order valence-electron chi connectivity index (χ0n) is 18.1. The van der Waals surface area contributed by atoms with Crippen LogP contribution in [0.15, 0.2) is 77.7 Å². The molecule has 0 unspecified atom stereocenters. The Labute approximate surface area is 194 Å². The molecular weight excluding hydrogens is 438 g/mol. The molecule has 8 heteroatoms. The fourth-order valence-corrected chi connectivity index (χ4v) is 3.93. The number of fused-ring (bicyclic) bond motifs is 1. The standard InChI is InChI=1S/C25H20ClN5O2/c1-16-6-3-11-23-24(16)27-17(2)31(25(23)32)21-9-5-10-22(13-21)33-15-19-14-30(29-28-19)20-8-4-7-18(26)12-20/h3-14H,15H2,1-2H3. The number of benzene rings is 3. The summed E-state index contributed by atoms with van der Waals surface area (Å²) in [5, 5.41) is 9.52. The van der Waals surface area contributed by atoms with E-state index in [1.54, 1.807) is 27.6 Å². The van der Waals surface area contributed by atoms with Gasteiger partial charge in [-0.05, 0) is 55.8 Å². The number of halogens is 1. The molecule has 0 spiro atoms. The second kappa shape index (κ2) is 8.52. The van der Waals surface area contributed by atoms with Gasteiger partial charge in [0.25, 0.3) is 5.56 Å². The lowest BCUT2D eigenvalue weighted by Gasteiger charge is -2.13. The third-order valence-corrected chi connectivity index (χ3v) is 5.58. The first-order valence-corrected chi connectivity index (χ1v) is 10.8. The zero-order valence-corrected chi connectivity index (χ0v) is 18.8. The molecule has 2 aromatic heterocycles. The van der Waals surface area contributed by atoms with Gasteiger partial charge in [-0.3, -0.25) is 9.36 Å². The minimum atomic E-state index is -0.109. The molecular formula is C25H20ClN5O2. The first-order valence-electron chi connectivity index (χ1n) is 10.4. The van der Waals surface area contributed by atoms with Gasteiger partial charge in [0.15, 0.2) is 0 Å². The van der Waals surface area contributed by atoms with Crippen molar-refractivity contribution < 1.29 is 4.74 Å². The predicted octanol–water partition coefficient (Wildman–Crippen LogP) is 4.82. The molecule has 3 aromatic carbocycles. The summed E-state index contributed by atoms with van der Waals surface area (Å²) >= 11 is 6.06. The van der Waals surface area contributed by atoms with E-state index in [-0.39, 0.29) is 12.2 Å². The third-order valence-electron chi connectivity index (χ3n) is 5.34. The van der Waals surface area contributed by atoms with Crippen molar-refractivity contribution in [3.8, 4) is 17.1 Å². The second-order valence-electron chi connectivity index (χ2n) is 7.69. The van der Waals surface area contributed by atoms with E-state index in [1.165, 1.54) is 0 Å². The summed E-state index contributed by atoms with van der Waals surface area (Å²) in [7, 11) is 0. The third kappa shape index (κ3) is 4.10. The number of para-hydroxylation sites is 1. The van der Waals surface area contributed by atoms with Crippen LogP contribution in [-0.4, -0.2) is 24.5 Å². The molecule has 0 amide bonds. The van der Waals surface area contributed by atoms with Crippen molar-refractivity contribution in [1.29, 1.82) is 0 Å². The largest absolute Gasteiger partial charge is 0.487 e. The minimum absolute atomic E-state index is 0.109. The quantitative estimate of drug-likeness (QED) is 0.378. The van der Waals surface area contributed by atoms with E-state index in [9.17, 15) is 4.79 Å². The summed E-state index contributed by atoms with van der Waals surface area (Å²) in [6, 6.07) is 20.4. The van der Waals surface area contributed by atoms with Gasteiger partial charge in [0.2, 0.25) is 0 Å². The Hall–Kier alpha value is -3.97. The van der Waals surface area contributed by atoms with Gasteiger partial charge in [-0.2, -0.15) is 0 Å². The highest BCUT2D eigenvalue weighted by Crippen LogP contribution is 2.20. The highest BCUT2D eigenvalue weighted by atomic mass is 35.5. The number of rotatable bonds is 5. The van der Waals surface area contributed by atoms with Crippen LogP contribution in [0.25, 0.3) is 22.3 Å². The van der Waals surface area contributed by atoms with Gasteiger partial charge in [0.05, 0.1) is 28.5 Å². The van der Waals surface area contributed by atoms with Crippen molar-refractivity contribution in [2.75, 3.05) is 0 Å². The smallest absolute Gasteiger partial charge is 0.265 e.